The Bertz CT molecular complexity index is 574. The van der Waals surface area contributed by atoms with E-state index in [1.807, 2.05) is 5.32 Å². The van der Waals surface area contributed by atoms with Crippen LogP contribution in [0, 0.1) is 0 Å². The number of imide groups is 1. The quantitative estimate of drug-likeness (QED) is 0.670. The maximum Gasteiger partial charge on any atom is 0.339 e. The van der Waals surface area contributed by atoms with Crippen molar-refractivity contribution >= 4 is 33.8 Å². The van der Waals surface area contributed by atoms with Gasteiger partial charge < -0.3 is 15.2 Å². The number of nitrogens with one attached hydrogen (secondary N) is 2. The molecule has 0 fully saturated rings. The maximum absolute atomic E-state index is 11.5. The van der Waals surface area contributed by atoms with Crippen LogP contribution in [-0.2, 0) is 4.79 Å². The Labute approximate surface area is 129 Å². The topological polar surface area (TPSA) is 105 Å². The molecule has 0 aliphatic heterocycles. The lowest BCUT2D eigenvalue weighted by Gasteiger charge is -2.09. The van der Waals surface area contributed by atoms with Crippen LogP contribution in [0.25, 0.3) is 0 Å². The van der Waals surface area contributed by atoms with Crippen molar-refractivity contribution < 1.29 is 24.2 Å². The first-order valence-electron chi connectivity index (χ1n) is 5.78. The molecule has 1 aromatic rings. The lowest BCUT2D eigenvalue weighted by Crippen LogP contribution is -2.41. The highest BCUT2D eigenvalue weighted by Gasteiger charge is 2.14. The third-order valence-corrected chi connectivity index (χ3v) is 2.68. The number of benzene rings is 1. The van der Waals surface area contributed by atoms with Gasteiger partial charge in [-0.1, -0.05) is 22.0 Å². The number of urea groups is 1. The summed E-state index contributed by atoms with van der Waals surface area (Å²) in [4.78, 5) is 33.7. The highest BCUT2D eigenvalue weighted by molar-refractivity contribution is 9.10. The van der Waals surface area contributed by atoms with E-state index in [9.17, 15) is 14.4 Å². The van der Waals surface area contributed by atoms with E-state index in [2.05, 4.69) is 27.8 Å². The van der Waals surface area contributed by atoms with Crippen molar-refractivity contribution in [1.82, 2.24) is 10.6 Å². The van der Waals surface area contributed by atoms with Gasteiger partial charge in [0.15, 0.2) is 6.61 Å². The van der Waals surface area contributed by atoms with E-state index in [0.29, 0.717) is 4.47 Å². The fraction of sp³-hybridized carbons (Fsp3) is 0.154. The summed E-state index contributed by atoms with van der Waals surface area (Å²) in [6.45, 7) is 3.14. The minimum atomic E-state index is -1.18. The Morgan fingerprint density at radius 1 is 1.38 bits per heavy atom. The van der Waals surface area contributed by atoms with Crippen molar-refractivity contribution in [2.24, 2.45) is 0 Å². The number of ether oxygens (including phenoxy) is 1. The van der Waals surface area contributed by atoms with Gasteiger partial charge in [-0.2, -0.15) is 0 Å². The van der Waals surface area contributed by atoms with Crippen LogP contribution in [-0.4, -0.2) is 36.2 Å². The zero-order valence-corrected chi connectivity index (χ0v) is 12.5. The lowest BCUT2D eigenvalue weighted by molar-refractivity contribution is -0.122. The van der Waals surface area contributed by atoms with Crippen LogP contribution in [0.15, 0.2) is 35.3 Å². The minimum absolute atomic E-state index is 0.0346. The van der Waals surface area contributed by atoms with Crippen LogP contribution in [0.5, 0.6) is 5.75 Å². The predicted molar refractivity (Wildman–Crippen MR) is 78.3 cm³/mol. The Kier molecular flexibility index (Phi) is 6.41. The molecule has 0 radical (unpaired) electrons. The number of hydrogen-bond donors (Lipinski definition) is 3. The molecule has 3 amide bonds. The minimum Gasteiger partial charge on any atom is -0.483 e. The molecule has 0 aromatic heterocycles. The molecule has 0 aliphatic carbocycles. The van der Waals surface area contributed by atoms with E-state index < -0.39 is 24.5 Å². The molecule has 0 bridgehead atoms. The summed E-state index contributed by atoms with van der Waals surface area (Å²) >= 11 is 3.14. The maximum atomic E-state index is 11.5. The van der Waals surface area contributed by atoms with Crippen LogP contribution in [0.4, 0.5) is 4.79 Å². The Morgan fingerprint density at radius 2 is 2.10 bits per heavy atom. The summed E-state index contributed by atoms with van der Waals surface area (Å²) in [6, 6.07) is 3.67. The van der Waals surface area contributed by atoms with Gasteiger partial charge in [-0.25, -0.2) is 9.59 Å². The second kappa shape index (κ2) is 8.05. The zero-order chi connectivity index (χ0) is 15.8. The number of carbonyl (C=O) groups excluding carboxylic acids is 2. The Hall–Kier alpha value is -2.35. The van der Waals surface area contributed by atoms with E-state index in [0.717, 1.165) is 0 Å². The van der Waals surface area contributed by atoms with E-state index in [1.54, 1.807) is 6.07 Å². The molecule has 0 aliphatic rings. The second-order valence-corrected chi connectivity index (χ2v) is 4.70. The summed E-state index contributed by atoms with van der Waals surface area (Å²) in [5.74, 6) is -1.85. The monoisotopic (exact) mass is 356 g/mol. The summed E-state index contributed by atoms with van der Waals surface area (Å²) in [6.07, 6.45) is 1.46. The number of hydrogen-bond acceptors (Lipinski definition) is 4. The zero-order valence-electron chi connectivity index (χ0n) is 10.9. The normalized spacial score (nSPS) is 9.57. The van der Waals surface area contributed by atoms with Gasteiger partial charge in [0.2, 0.25) is 0 Å². The standard InChI is InChI=1S/C13H13BrN2O5/c1-2-5-15-13(20)16-11(17)7-21-10-4-3-8(14)6-9(10)12(18)19/h2-4,6H,1,5,7H2,(H,18,19)(H2,15,16,17,20). The Morgan fingerprint density at radius 3 is 2.71 bits per heavy atom. The van der Waals surface area contributed by atoms with Crippen molar-refractivity contribution in [3.05, 3.63) is 40.9 Å². The van der Waals surface area contributed by atoms with Crippen molar-refractivity contribution in [1.29, 1.82) is 0 Å². The van der Waals surface area contributed by atoms with Gasteiger partial charge in [-0.3, -0.25) is 10.1 Å². The summed E-state index contributed by atoms with van der Waals surface area (Å²) in [5, 5.41) is 13.4. The highest BCUT2D eigenvalue weighted by Crippen LogP contribution is 2.23. The van der Waals surface area contributed by atoms with Crippen molar-refractivity contribution in [3.8, 4) is 5.75 Å². The third kappa shape index (κ3) is 5.65. The van der Waals surface area contributed by atoms with Gasteiger partial charge in [-0.05, 0) is 18.2 Å². The summed E-state index contributed by atoms with van der Waals surface area (Å²) < 4.78 is 5.68. The van der Waals surface area contributed by atoms with Crippen LogP contribution >= 0.6 is 15.9 Å². The lowest BCUT2D eigenvalue weighted by atomic mass is 10.2. The van der Waals surface area contributed by atoms with Crippen molar-refractivity contribution in [3.63, 3.8) is 0 Å². The molecule has 1 aromatic carbocycles. The van der Waals surface area contributed by atoms with Crippen LogP contribution < -0.4 is 15.4 Å². The average Bonchev–Trinajstić information content (AvgIpc) is 2.43. The number of halogens is 1. The van der Waals surface area contributed by atoms with E-state index in [-0.39, 0.29) is 17.9 Å². The molecule has 1 rings (SSSR count). The van der Waals surface area contributed by atoms with Gasteiger partial charge in [0, 0.05) is 11.0 Å². The number of aromatic carboxylic acids is 1. The van der Waals surface area contributed by atoms with Gasteiger partial charge >= 0.3 is 12.0 Å². The van der Waals surface area contributed by atoms with Crippen LogP contribution in [0.2, 0.25) is 0 Å². The van der Waals surface area contributed by atoms with Crippen molar-refractivity contribution in [2.45, 2.75) is 0 Å². The molecular weight excluding hydrogens is 344 g/mol. The van der Waals surface area contributed by atoms with E-state index in [4.69, 9.17) is 9.84 Å². The molecule has 0 atom stereocenters. The van der Waals surface area contributed by atoms with Crippen molar-refractivity contribution in [2.75, 3.05) is 13.2 Å². The van der Waals surface area contributed by atoms with Gasteiger partial charge in [0.1, 0.15) is 11.3 Å². The molecule has 0 saturated heterocycles. The van der Waals surface area contributed by atoms with Crippen LogP contribution in [0.1, 0.15) is 10.4 Å². The molecule has 8 heteroatoms. The predicted octanol–water partition coefficient (Wildman–Crippen LogP) is 1.54. The molecular formula is C13H13BrN2O5. The second-order valence-electron chi connectivity index (χ2n) is 3.78. The first kappa shape index (κ1) is 16.7. The first-order chi connectivity index (χ1) is 9.93. The number of carbonyl (C=O) groups is 3. The molecule has 21 heavy (non-hydrogen) atoms. The molecule has 0 unspecified atom stereocenters. The smallest absolute Gasteiger partial charge is 0.339 e. The molecule has 0 saturated carbocycles. The number of rotatable bonds is 6. The molecule has 0 spiro atoms. The molecule has 3 N–H and O–H groups in total. The van der Waals surface area contributed by atoms with E-state index in [1.165, 1.54) is 18.2 Å². The number of carboxylic acid groups (broad SMARTS) is 1. The molecule has 112 valence electrons. The number of carboxylic acids is 1. The largest absolute Gasteiger partial charge is 0.483 e. The SMILES string of the molecule is C=CCNC(=O)NC(=O)COc1ccc(Br)cc1C(=O)O. The average molecular weight is 357 g/mol. The first-order valence-corrected chi connectivity index (χ1v) is 6.57. The number of amides is 3. The summed E-state index contributed by atoms with van der Waals surface area (Å²) in [5.41, 5.74) is -0.0896. The van der Waals surface area contributed by atoms with E-state index >= 15 is 0 Å². The Balaban J connectivity index is 2.59. The molecule has 7 nitrogen and oxygen atoms in total. The van der Waals surface area contributed by atoms with Gasteiger partial charge in [-0.15, -0.1) is 6.58 Å². The highest BCUT2D eigenvalue weighted by atomic mass is 79.9. The summed E-state index contributed by atoms with van der Waals surface area (Å²) in [7, 11) is 0. The fourth-order valence-electron chi connectivity index (χ4n) is 1.31. The molecule has 0 heterocycles. The van der Waals surface area contributed by atoms with Gasteiger partial charge in [0.25, 0.3) is 5.91 Å². The van der Waals surface area contributed by atoms with Crippen LogP contribution in [0.3, 0.4) is 0 Å². The van der Waals surface area contributed by atoms with Gasteiger partial charge in [0.05, 0.1) is 0 Å². The fourth-order valence-corrected chi connectivity index (χ4v) is 1.67. The third-order valence-electron chi connectivity index (χ3n) is 2.19.